The van der Waals surface area contributed by atoms with E-state index in [1.54, 1.807) is 24.3 Å². The van der Waals surface area contributed by atoms with Crippen LogP contribution in [0.15, 0.2) is 47.4 Å². The zero-order valence-corrected chi connectivity index (χ0v) is 17.7. The van der Waals surface area contributed by atoms with Crippen LogP contribution >= 0.6 is 0 Å². The Hall–Kier alpha value is -2.16. The third-order valence-electron chi connectivity index (χ3n) is 4.97. The van der Waals surface area contributed by atoms with E-state index in [1.807, 2.05) is 19.9 Å². The highest BCUT2D eigenvalue weighted by Gasteiger charge is 2.21. The van der Waals surface area contributed by atoms with Crippen LogP contribution in [0.3, 0.4) is 0 Å². The molecule has 1 fully saturated rings. The highest BCUT2D eigenvalue weighted by molar-refractivity contribution is 7.89. The Bertz CT molecular complexity index is 911. The van der Waals surface area contributed by atoms with Gasteiger partial charge in [0.25, 0.3) is 0 Å². The largest absolute Gasteiger partial charge is 0.492 e. The van der Waals surface area contributed by atoms with Crippen LogP contribution in [0.4, 0.5) is 10.1 Å². The minimum atomic E-state index is -3.64. The number of aryl methyl sites for hydroxylation is 1. The van der Waals surface area contributed by atoms with Gasteiger partial charge in [-0.2, -0.15) is 0 Å². The molecular formula is C21H28FN3O3S. The molecular weight excluding hydrogens is 393 g/mol. The molecule has 2 aromatic rings. The van der Waals surface area contributed by atoms with Crippen molar-refractivity contribution in [1.29, 1.82) is 0 Å². The van der Waals surface area contributed by atoms with Gasteiger partial charge in [0.05, 0.1) is 6.61 Å². The summed E-state index contributed by atoms with van der Waals surface area (Å²) in [6, 6.07) is 11.7. The van der Waals surface area contributed by atoms with E-state index in [1.165, 1.54) is 12.1 Å². The van der Waals surface area contributed by atoms with Gasteiger partial charge < -0.3 is 9.64 Å². The Morgan fingerprint density at radius 2 is 1.76 bits per heavy atom. The average Bonchev–Trinajstić information content (AvgIpc) is 2.70. The molecule has 1 heterocycles. The van der Waals surface area contributed by atoms with Gasteiger partial charge in [-0.3, -0.25) is 4.90 Å². The SMILES string of the molecule is CCOc1ccc(C)cc1S(=O)(=O)NCCN1CCN(c2ccc(F)cc2)CC1. The molecule has 0 unspecified atom stereocenters. The zero-order valence-electron chi connectivity index (χ0n) is 16.9. The molecule has 0 saturated carbocycles. The van der Waals surface area contributed by atoms with Crippen LogP contribution in [0.1, 0.15) is 12.5 Å². The lowest BCUT2D eigenvalue weighted by Gasteiger charge is -2.36. The van der Waals surface area contributed by atoms with Crippen LogP contribution in [0.25, 0.3) is 0 Å². The predicted molar refractivity (Wildman–Crippen MR) is 113 cm³/mol. The second kappa shape index (κ2) is 9.56. The quantitative estimate of drug-likeness (QED) is 0.710. The van der Waals surface area contributed by atoms with E-state index < -0.39 is 10.0 Å². The van der Waals surface area contributed by atoms with Crippen molar-refractivity contribution in [3.63, 3.8) is 0 Å². The first-order valence-corrected chi connectivity index (χ1v) is 11.3. The van der Waals surface area contributed by atoms with Crippen molar-refractivity contribution < 1.29 is 17.5 Å². The van der Waals surface area contributed by atoms with E-state index in [2.05, 4.69) is 14.5 Å². The van der Waals surface area contributed by atoms with Crippen molar-refractivity contribution in [2.45, 2.75) is 18.7 Å². The summed E-state index contributed by atoms with van der Waals surface area (Å²) in [6.07, 6.45) is 0. The molecule has 1 N–H and O–H groups in total. The lowest BCUT2D eigenvalue weighted by atomic mass is 10.2. The minimum absolute atomic E-state index is 0.181. The molecule has 3 rings (SSSR count). The second-order valence-electron chi connectivity index (χ2n) is 7.09. The number of nitrogens with one attached hydrogen (secondary N) is 1. The monoisotopic (exact) mass is 421 g/mol. The van der Waals surface area contributed by atoms with E-state index in [0.717, 1.165) is 37.4 Å². The van der Waals surface area contributed by atoms with E-state index in [-0.39, 0.29) is 10.7 Å². The first-order chi connectivity index (χ1) is 13.9. The standard InChI is InChI=1S/C21H28FN3O3S/c1-3-28-20-9-4-17(2)16-21(20)29(26,27)23-10-11-24-12-14-25(15-13-24)19-7-5-18(22)6-8-19/h4-9,16,23H,3,10-15H2,1-2H3. The van der Waals surface area contributed by atoms with Crippen LogP contribution in [0.5, 0.6) is 5.75 Å². The lowest BCUT2D eigenvalue weighted by molar-refractivity contribution is 0.262. The summed E-state index contributed by atoms with van der Waals surface area (Å²) in [4.78, 5) is 4.61. The molecule has 158 valence electrons. The van der Waals surface area contributed by atoms with Crippen LogP contribution < -0.4 is 14.4 Å². The highest BCUT2D eigenvalue weighted by atomic mass is 32.2. The molecule has 0 spiro atoms. The lowest BCUT2D eigenvalue weighted by Crippen LogP contribution is -2.48. The van der Waals surface area contributed by atoms with Gasteiger partial charge in [0.15, 0.2) is 0 Å². The molecule has 6 nitrogen and oxygen atoms in total. The normalized spacial score (nSPS) is 15.5. The van der Waals surface area contributed by atoms with Gasteiger partial charge in [0, 0.05) is 45.0 Å². The first-order valence-electron chi connectivity index (χ1n) is 9.85. The third kappa shape index (κ3) is 5.68. The fourth-order valence-corrected chi connectivity index (χ4v) is 4.65. The van der Waals surface area contributed by atoms with Crippen LogP contribution in [-0.4, -0.2) is 59.2 Å². The average molecular weight is 422 g/mol. The zero-order chi connectivity index (χ0) is 20.9. The molecule has 1 aliphatic rings. The van der Waals surface area contributed by atoms with E-state index in [4.69, 9.17) is 4.74 Å². The maximum atomic E-state index is 13.1. The first kappa shape index (κ1) is 21.5. The molecule has 0 aliphatic carbocycles. The predicted octanol–water partition coefficient (Wildman–Crippen LogP) is 2.63. The number of ether oxygens (including phenoxy) is 1. The third-order valence-corrected chi connectivity index (χ3v) is 6.45. The molecule has 1 aliphatic heterocycles. The summed E-state index contributed by atoms with van der Waals surface area (Å²) in [5.41, 5.74) is 1.88. The minimum Gasteiger partial charge on any atom is -0.492 e. The number of rotatable bonds is 8. The number of piperazine rings is 1. The van der Waals surface area contributed by atoms with E-state index in [9.17, 15) is 12.8 Å². The fraction of sp³-hybridized carbons (Fsp3) is 0.429. The summed E-state index contributed by atoms with van der Waals surface area (Å²) in [5, 5.41) is 0. The van der Waals surface area contributed by atoms with Gasteiger partial charge >= 0.3 is 0 Å². The second-order valence-corrected chi connectivity index (χ2v) is 8.82. The smallest absolute Gasteiger partial charge is 0.244 e. The number of hydrogen-bond acceptors (Lipinski definition) is 5. The topological polar surface area (TPSA) is 61.9 Å². The Labute approximate surface area is 172 Å². The summed E-state index contributed by atoms with van der Waals surface area (Å²) in [5.74, 6) is 0.138. The molecule has 2 aromatic carbocycles. The van der Waals surface area contributed by atoms with Gasteiger partial charge in [-0.15, -0.1) is 0 Å². The van der Waals surface area contributed by atoms with Gasteiger partial charge in [-0.25, -0.2) is 17.5 Å². The molecule has 0 amide bonds. The van der Waals surface area contributed by atoms with Crippen molar-refractivity contribution in [3.8, 4) is 5.75 Å². The number of sulfonamides is 1. The Morgan fingerprint density at radius 3 is 2.41 bits per heavy atom. The van der Waals surface area contributed by atoms with E-state index in [0.29, 0.717) is 25.4 Å². The molecule has 1 saturated heterocycles. The Kier molecular flexibility index (Phi) is 7.10. The molecule has 0 bridgehead atoms. The van der Waals surface area contributed by atoms with Crippen molar-refractivity contribution in [2.24, 2.45) is 0 Å². The molecule has 29 heavy (non-hydrogen) atoms. The number of hydrogen-bond donors (Lipinski definition) is 1. The summed E-state index contributed by atoms with van der Waals surface area (Å²) >= 11 is 0. The van der Waals surface area contributed by atoms with Gasteiger partial charge in [-0.1, -0.05) is 6.07 Å². The number of anilines is 1. The fourth-order valence-electron chi connectivity index (χ4n) is 3.40. The van der Waals surface area contributed by atoms with Gasteiger partial charge in [0.1, 0.15) is 16.5 Å². The van der Waals surface area contributed by atoms with Gasteiger partial charge in [0.2, 0.25) is 10.0 Å². The van der Waals surface area contributed by atoms with E-state index >= 15 is 0 Å². The number of halogens is 1. The van der Waals surface area contributed by atoms with Gasteiger partial charge in [-0.05, 0) is 55.8 Å². The Balaban J connectivity index is 1.51. The molecule has 0 radical (unpaired) electrons. The number of benzene rings is 2. The summed E-state index contributed by atoms with van der Waals surface area (Å²) in [7, 11) is -3.64. The maximum absolute atomic E-state index is 13.1. The number of nitrogens with zero attached hydrogens (tertiary/aromatic N) is 2. The van der Waals surface area contributed by atoms with Crippen molar-refractivity contribution in [3.05, 3.63) is 53.8 Å². The summed E-state index contributed by atoms with van der Waals surface area (Å²) < 4.78 is 46.7. The van der Waals surface area contributed by atoms with Crippen LogP contribution in [0.2, 0.25) is 0 Å². The molecule has 0 atom stereocenters. The maximum Gasteiger partial charge on any atom is 0.244 e. The van der Waals surface area contributed by atoms with Crippen molar-refractivity contribution >= 4 is 15.7 Å². The van der Waals surface area contributed by atoms with Crippen LogP contribution in [-0.2, 0) is 10.0 Å². The molecule has 8 heteroatoms. The highest BCUT2D eigenvalue weighted by Crippen LogP contribution is 2.25. The van der Waals surface area contributed by atoms with Crippen molar-refractivity contribution in [1.82, 2.24) is 9.62 Å². The van der Waals surface area contributed by atoms with Crippen LogP contribution in [0, 0.1) is 12.7 Å². The molecule has 0 aromatic heterocycles. The summed E-state index contributed by atoms with van der Waals surface area (Å²) in [6.45, 7) is 8.36. The van der Waals surface area contributed by atoms with Crippen molar-refractivity contribution in [2.75, 3.05) is 50.8 Å². The Morgan fingerprint density at radius 1 is 1.07 bits per heavy atom.